The first-order valence-electron chi connectivity index (χ1n) is 4.65. The summed E-state index contributed by atoms with van der Waals surface area (Å²) >= 11 is 3.46. The van der Waals surface area contributed by atoms with Crippen LogP contribution in [0, 0.1) is 6.92 Å². The highest BCUT2D eigenvalue weighted by molar-refractivity contribution is 9.10. The first-order valence-corrected chi connectivity index (χ1v) is 5.44. The Bertz CT molecular complexity index is 477. The molecule has 0 saturated heterocycles. The molecule has 15 heavy (non-hydrogen) atoms. The van der Waals surface area contributed by atoms with Crippen molar-refractivity contribution < 1.29 is 0 Å². The molecule has 0 amide bonds. The van der Waals surface area contributed by atoms with Crippen LogP contribution in [-0.2, 0) is 0 Å². The van der Waals surface area contributed by atoms with E-state index in [4.69, 9.17) is 5.73 Å². The zero-order valence-electron chi connectivity index (χ0n) is 8.37. The van der Waals surface area contributed by atoms with E-state index in [-0.39, 0.29) is 0 Å². The van der Waals surface area contributed by atoms with E-state index in [0.717, 1.165) is 10.0 Å². The summed E-state index contributed by atoms with van der Waals surface area (Å²) in [5.41, 5.74) is 9.04. The summed E-state index contributed by atoms with van der Waals surface area (Å²) in [4.78, 5) is 4.09. The van der Waals surface area contributed by atoms with E-state index in [1.807, 2.05) is 18.2 Å². The lowest BCUT2D eigenvalue weighted by Crippen LogP contribution is -1.90. The molecule has 1 aromatic heterocycles. The SMILES string of the molecule is Cc1ccc(Br)cc1-c1ccc(N)nc1. The van der Waals surface area contributed by atoms with E-state index < -0.39 is 0 Å². The zero-order valence-corrected chi connectivity index (χ0v) is 9.95. The number of hydrogen-bond donors (Lipinski definition) is 1. The maximum Gasteiger partial charge on any atom is 0.123 e. The predicted molar refractivity (Wildman–Crippen MR) is 66.5 cm³/mol. The average molecular weight is 263 g/mol. The quantitative estimate of drug-likeness (QED) is 0.856. The fourth-order valence-corrected chi connectivity index (χ4v) is 1.83. The van der Waals surface area contributed by atoms with Crippen molar-refractivity contribution in [3.63, 3.8) is 0 Å². The van der Waals surface area contributed by atoms with Gasteiger partial charge in [0.05, 0.1) is 0 Å². The molecule has 2 rings (SSSR count). The van der Waals surface area contributed by atoms with Gasteiger partial charge in [-0.2, -0.15) is 0 Å². The van der Waals surface area contributed by atoms with Gasteiger partial charge >= 0.3 is 0 Å². The van der Waals surface area contributed by atoms with Crippen molar-refractivity contribution in [2.45, 2.75) is 6.92 Å². The van der Waals surface area contributed by atoms with Crippen molar-refractivity contribution in [3.8, 4) is 11.1 Å². The number of hydrogen-bond acceptors (Lipinski definition) is 2. The van der Waals surface area contributed by atoms with Gasteiger partial charge in [-0.3, -0.25) is 0 Å². The van der Waals surface area contributed by atoms with Crippen molar-refractivity contribution in [3.05, 3.63) is 46.6 Å². The number of benzene rings is 1. The van der Waals surface area contributed by atoms with Gasteiger partial charge in [-0.1, -0.05) is 22.0 Å². The number of anilines is 1. The molecule has 2 nitrogen and oxygen atoms in total. The molecule has 76 valence electrons. The molecule has 0 bridgehead atoms. The van der Waals surface area contributed by atoms with E-state index in [2.05, 4.69) is 40.0 Å². The minimum absolute atomic E-state index is 0.548. The van der Waals surface area contributed by atoms with Crippen LogP contribution in [0.1, 0.15) is 5.56 Å². The number of nitrogens with zero attached hydrogens (tertiary/aromatic N) is 1. The molecule has 0 aliphatic carbocycles. The Morgan fingerprint density at radius 2 is 2.00 bits per heavy atom. The third-order valence-corrected chi connectivity index (χ3v) is 2.79. The van der Waals surface area contributed by atoms with Crippen LogP contribution in [0.4, 0.5) is 5.82 Å². The molecule has 0 spiro atoms. The lowest BCUT2D eigenvalue weighted by molar-refractivity contribution is 1.32. The maximum atomic E-state index is 5.55. The summed E-state index contributed by atoms with van der Waals surface area (Å²) in [5.74, 6) is 0.548. The Balaban J connectivity index is 2.53. The van der Waals surface area contributed by atoms with Gasteiger partial charge in [0.25, 0.3) is 0 Å². The van der Waals surface area contributed by atoms with Crippen LogP contribution >= 0.6 is 15.9 Å². The standard InChI is InChI=1S/C12H11BrN2/c1-8-2-4-10(13)6-11(8)9-3-5-12(14)15-7-9/h2-7H,1H3,(H2,14,15). The second-order valence-electron chi connectivity index (χ2n) is 3.43. The smallest absolute Gasteiger partial charge is 0.123 e. The van der Waals surface area contributed by atoms with Crippen LogP contribution in [0.3, 0.4) is 0 Å². The summed E-state index contributed by atoms with van der Waals surface area (Å²) in [6.45, 7) is 2.08. The van der Waals surface area contributed by atoms with Gasteiger partial charge in [-0.15, -0.1) is 0 Å². The summed E-state index contributed by atoms with van der Waals surface area (Å²) in [7, 11) is 0. The molecule has 0 radical (unpaired) electrons. The molecule has 0 atom stereocenters. The molecule has 0 fully saturated rings. The zero-order chi connectivity index (χ0) is 10.8. The van der Waals surface area contributed by atoms with Gasteiger partial charge in [0, 0.05) is 16.2 Å². The summed E-state index contributed by atoms with van der Waals surface area (Å²) in [5, 5.41) is 0. The number of nitrogens with two attached hydrogens (primary N) is 1. The minimum Gasteiger partial charge on any atom is -0.384 e. The third-order valence-electron chi connectivity index (χ3n) is 2.30. The minimum atomic E-state index is 0.548. The van der Waals surface area contributed by atoms with Crippen LogP contribution < -0.4 is 5.73 Å². The van der Waals surface area contributed by atoms with Crippen molar-refractivity contribution in [1.29, 1.82) is 0 Å². The molecule has 1 heterocycles. The molecule has 0 aliphatic rings. The first kappa shape index (κ1) is 10.2. The van der Waals surface area contributed by atoms with E-state index in [9.17, 15) is 0 Å². The molecular formula is C12H11BrN2. The fraction of sp³-hybridized carbons (Fsp3) is 0.0833. The van der Waals surface area contributed by atoms with Gasteiger partial charge in [0.15, 0.2) is 0 Å². The lowest BCUT2D eigenvalue weighted by atomic mass is 10.0. The van der Waals surface area contributed by atoms with E-state index >= 15 is 0 Å². The van der Waals surface area contributed by atoms with Gasteiger partial charge in [-0.25, -0.2) is 4.98 Å². The normalized spacial score (nSPS) is 10.3. The third kappa shape index (κ3) is 2.18. The Hall–Kier alpha value is -1.35. The predicted octanol–water partition coefficient (Wildman–Crippen LogP) is 3.40. The van der Waals surface area contributed by atoms with Crippen molar-refractivity contribution in [2.24, 2.45) is 0 Å². The topological polar surface area (TPSA) is 38.9 Å². The number of nitrogen functional groups attached to an aromatic ring is 1. The molecule has 2 N–H and O–H groups in total. The van der Waals surface area contributed by atoms with Gasteiger partial charge in [0.2, 0.25) is 0 Å². The number of pyridine rings is 1. The highest BCUT2D eigenvalue weighted by Crippen LogP contribution is 2.26. The van der Waals surface area contributed by atoms with E-state index in [1.54, 1.807) is 6.20 Å². The Morgan fingerprint density at radius 3 is 2.67 bits per heavy atom. The van der Waals surface area contributed by atoms with Crippen molar-refractivity contribution in [1.82, 2.24) is 4.98 Å². The monoisotopic (exact) mass is 262 g/mol. The van der Waals surface area contributed by atoms with Crippen molar-refractivity contribution in [2.75, 3.05) is 5.73 Å². The molecule has 1 aromatic carbocycles. The van der Waals surface area contributed by atoms with Crippen molar-refractivity contribution >= 4 is 21.7 Å². The number of halogens is 1. The Kier molecular flexibility index (Phi) is 2.73. The highest BCUT2D eigenvalue weighted by atomic mass is 79.9. The Labute approximate surface area is 97.3 Å². The number of aryl methyl sites for hydroxylation is 1. The molecular weight excluding hydrogens is 252 g/mol. The largest absolute Gasteiger partial charge is 0.384 e. The molecule has 0 unspecified atom stereocenters. The van der Waals surface area contributed by atoms with Crippen LogP contribution in [0.2, 0.25) is 0 Å². The first-order chi connectivity index (χ1) is 7.16. The number of aromatic nitrogens is 1. The van der Waals surface area contributed by atoms with Gasteiger partial charge < -0.3 is 5.73 Å². The average Bonchev–Trinajstić information content (AvgIpc) is 2.23. The highest BCUT2D eigenvalue weighted by Gasteiger charge is 2.02. The van der Waals surface area contributed by atoms with E-state index in [1.165, 1.54) is 11.1 Å². The summed E-state index contributed by atoms with van der Waals surface area (Å²) < 4.78 is 1.07. The summed E-state index contributed by atoms with van der Waals surface area (Å²) in [6, 6.07) is 9.99. The lowest BCUT2D eigenvalue weighted by Gasteiger charge is -2.06. The maximum absolute atomic E-state index is 5.55. The molecule has 0 aliphatic heterocycles. The van der Waals surface area contributed by atoms with Crippen LogP contribution in [0.15, 0.2) is 41.0 Å². The van der Waals surface area contributed by atoms with Gasteiger partial charge in [-0.05, 0) is 42.3 Å². The second-order valence-corrected chi connectivity index (χ2v) is 4.35. The van der Waals surface area contributed by atoms with Crippen LogP contribution in [0.5, 0.6) is 0 Å². The van der Waals surface area contributed by atoms with Gasteiger partial charge in [0.1, 0.15) is 5.82 Å². The molecule has 2 aromatic rings. The second kappa shape index (κ2) is 4.03. The summed E-state index contributed by atoms with van der Waals surface area (Å²) in [6.07, 6.45) is 1.80. The Morgan fingerprint density at radius 1 is 1.20 bits per heavy atom. The molecule has 3 heteroatoms. The van der Waals surface area contributed by atoms with E-state index in [0.29, 0.717) is 5.82 Å². The fourth-order valence-electron chi connectivity index (χ4n) is 1.47. The van der Waals surface area contributed by atoms with Crippen LogP contribution in [0.25, 0.3) is 11.1 Å². The van der Waals surface area contributed by atoms with Crippen LogP contribution in [-0.4, -0.2) is 4.98 Å². The number of rotatable bonds is 1. The molecule has 0 saturated carbocycles.